The highest BCUT2D eigenvalue weighted by Crippen LogP contribution is 2.52. The van der Waals surface area contributed by atoms with Crippen molar-refractivity contribution in [2.75, 3.05) is 4.90 Å². The smallest absolute Gasteiger partial charge is 0.0546 e. The molecule has 0 fully saturated rings. The molecule has 7 aromatic carbocycles. The molecule has 0 atom stereocenters. The first-order chi connectivity index (χ1) is 21.0. The molecule has 1 heteroatoms. The van der Waals surface area contributed by atoms with E-state index >= 15 is 0 Å². The average molecular weight is 552 g/mol. The van der Waals surface area contributed by atoms with Crippen LogP contribution in [0.4, 0.5) is 17.1 Å². The minimum Gasteiger partial charge on any atom is -0.310 e. The van der Waals surface area contributed by atoms with Gasteiger partial charge in [0.1, 0.15) is 0 Å². The monoisotopic (exact) mass is 551 g/mol. The molecule has 0 spiro atoms. The van der Waals surface area contributed by atoms with Crippen molar-refractivity contribution in [3.63, 3.8) is 0 Å². The molecule has 0 saturated heterocycles. The lowest BCUT2D eigenvalue weighted by atomic mass is 9.82. The predicted octanol–water partition coefficient (Wildman–Crippen LogP) is 11.7. The summed E-state index contributed by atoms with van der Waals surface area (Å²) in [5, 5.41) is 5.00. The fourth-order valence-electron chi connectivity index (χ4n) is 7.20. The molecule has 0 saturated carbocycles. The van der Waals surface area contributed by atoms with Gasteiger partial charge in [0.2, 0.25) is 0 Å². The molecule has 0 amide bonds. The third-order valence-electron chi connectivity index (χ3n) is 9.29. The van der Waals surface area contributed by atoms with E-state index in [1.165, 1.54) is 71.9 Å². The van der Waals surface area contributed by atoms with Gasteiger partial charge < -0.3 is 4.90 Å². The molecule has 7 aromatic rings. The molecule has 1 aliphatic rings. The molecule has 0 heterocycles. The van der Waals surface area contributed by atoms with Crippen molar-refractivity contribution in [3.8, 4) is 22.3 Å². The molecule has 8 rings (SSSR count). The summed E-state index contributed by atoms with van der Waals surface area (Å²) >= 11 is 0. The molecule has 43 heavy (non-hydrogen) atoms. The average Bonchev–Trinajstić information content (AvgIpc) is 3.27. The first kappa shape index (κ1) is 25.6. The van der Waals surface area contributed by atoms with Gasteiger partial charge in [0.05, 0.1) is 5.69 Å². The molecule has 1 aliphatic carbocycles. The number of nitrogens with zero attached hydrogens (tertiary/aromatic N) is 1. The van der Waals surface area contributed by atoms with Gasteiger partial charge in [-0.2, -0.15) is 0 Å². The largest absolute Gasteiger partial charge is 0.310 e. The SMILES string of the molecule is Cc1cccc(N(c2ccc3c(c2)C(C)(C)c2ccccc2-3)c2ccc3ccccc3c2-c2cccc3ccccc23)c1. The van der Waals surface area contributed by atoms with Gasteiger partial charge >= 0.3 is 0 Å². The maximum Gasteiger partial charge on any atom is 0.0546 e. The van der Waals surface area contributed by atoms with Crippen LogP contribution in [-0.4, -0.2) is 0 Å². The van der Waals surface area contributed by atoms with Crippen LogP contribution >= 0.6 is 0 Å². The summed E-state index contributed by atoms with van der Waals surface area (Å²) in [6.45, 7) is 6.89. The van der Waals surface area contributed by atoms with Crippen molar-refractivity contribution < 1.29 is 0 Å². The molecule has 206 valence electrons. The number of fused-ring (bicyclic) bond motifs is 5. The second kappa shape index (κ2) is 9.71. The minimum absolute atomic E-state index is 0.0813. The Labute approximate surface area is 253 Å². The van der Waals surface area contributed by atoms with E-state index in [0.29, 0.717) is 0 Å². The quantitative estimate of drug-likeness (QED) is 0.210. The van der Waals surface area contributed by atoms with Gasteiger partial charge in [0.25, 0.3) is 0 Å². The van der Waals surface area contributed by atoms with E-state index in [-0.39, 0.29) is 5.41 Å². The van der Waals surface area contributed by atoms with Gasteiger partial charge in [-0.15, -0.1) is 0 Å². The molecule has 0 unspecified atom stereocenters. The number of anilines is 3. The summed E-state index contributed by atoms with van der Waals surface area (Å²) < 4.78 is 0. The number of hydrogen-bond donors (Lipinski definition) is 0. The third-order valence-corrected chi connectivity index (χ3v) is 9.29. The highest BCUT2D eigenvalue weighted by Gasteiger charge is 2.36. The second-order valence-corrected chi connectivity index (χ2v) is 12.3. The molecular formula is C42H33N. The number of rotatable bonds is 4. The predicted molar refractivity (Wildman–Crippen MR) is 184 cm³/mol. The first-order valence-electron chi connectivity index (χ1n) is 15.1. The van der Waals surface area contributed by atoms with E-state index in [4.69, 9.17) is 0 Å². The van der Waals surface area contributed by atoms with E-state index in [9.17, 15) is 0 Å². The Morgan fingerprint density at radius 2 is 1.09 bits per heavy atom. The van der Waals surface area contributed by atoms with E-state index in [0.717, 1.165) is 5.69 Å². The van der Waals surface area contributed by atoms with Crippen molar-refractivity contribution >= 4 is 38.6 Å². The number of aryl methyl sites for hydroxylation is 1. The summed E-state index contributed by atoms with van der Waals surface area (Å²) in [4.78, 5) is 2.47. The lowest BCUT2D eigenvalue weighted by Gasteiger charge is -2.31. The highest BCUT2D eigenvalue weighted by molar-refractivity contribution is 6.11. The van der Waals surface area contributed by atoms with E-state index in [1.807, 2.05) is 0 Å². The molecule has 0 N–H and O–H groups in total. The summed E-state index contributed by atoms with van der Waals surface area (Å²) in [6.07, 6.45) is 0. The van der Waals surface area contributed by atoms with Gasteiger partial charge in [0.15, 0.2) is 0 Å². The molecule has 0 bridgehead atoms. The van der Waals surface area contributed by atoms with E-state index in [1.54, 1.807) is 0 Å². The highest BCUT2D eigenvalue weighted by atomic mass is 15.1. The normalized spacial score (nSPS) is 13.2. The third kappa shape index (κ3) is 4.00. The topological polar surface area (TPSA) is 3.24 Å². The Balaban J connectivity index is 1.44. The zero-order valence-electron chi connectivity index (χ0n) is 24.8. The zero-order valence-corrected chi connectivity index (χ0v) is 24.8. The summed E-state index contributed by atoms with van der Waals surface area (Å²) in [6, 6.07) is 53.6. The summed E-state index contributed by atoms with van der Waals surface area (Å²) in [7, 11) is 0. The van der Waals surface area contributed by atoms with Crippen LogP contribution in [0.2, 0.25) is 0 Å². The van der Waals surface area contributed by atoms with Gasteiger partial charge in [0, 0.05) is 22.4 Å². The van der Waals surface area contributed by atoms with E-state index < -0.39 is 0 Å². The van der Waals surface area contributed by atoms with Crippen molar-refractivity contribution in [3.05, 3.63) is 162 Å². The van der Waals surface area contributed by atoms with Crippen LogP contribution in [0.15, 0.2) is 146 Å². The zero-order chi connectivity index (χ0) is 29.1. The second-order valence-electron chi connectivity index (χ2n) is 12.3. The van der Waals surface area contributed by atoms with Crippen LogP contribution in [-0.2, 0) is 5.41 Å². The van der Waals surface area contributed by atoms with Crippen molar-refractivity contribution in [2.24, 2.45) is 0 Å². The Bertz CT molecular complexity index is 2180. The van der Waals surface area contributed by atoms with E-state index in [2.05, 4.69) is 171 Å². The lowest BCUT2D eigenvalue weighted by molar-refractivity contribution is 0.660. The van der Waals surface area contributed by atoms with Crippen molar-refractivity contribution in [1.82, 2.24) is 0 Å². The summed E-state index contributed by atoms with van der Waals surface area (Å²) in [5.74, 6) is 0. The van der Waals surface area contributed by atoms with Crippen LogP contribution < -0.4 is 4.90 Å². The van der Waals surface area contributed by atoms with Gasteiger partial charge in [-0.3, -0.25) is 0 Å². The molecule has 1 nitrogen and oxygen atoms in total. The van der Waals surface area contributed by atoms with Crippen LogP contribution in [0, 0.1) is 6.92 Å². The van der Waals surface area contributed by atoms with Crippen LogP contribution in [0.1, 0.15) is 30.5 Å². The minimum atomic E-state index is -0.0813. The lowest BCUT2D eigenvalue weighted by Crippen LogP contribution is -2.17. The van der Waals surface area contributed by atoms with Gasteiger partial charge in [-0.05, 0) is 92.2 Å². The summed E-state index contributed by atoms with van der Waals surface area (Å²) in [5.41, 5.74) is 12.6. The number of benzene rings is 7. The molecule has 0 aromatic heterocycles. The van der Waals surface area contributed by atoms with Crippen LogP contribution in [0.5, 0.6) is 0 Å². The fraction of sp³-hybridized carbons (Fsp3) is 0.0952. The maximum absolute atomic E-state index is 2.47. The van der Waals surface area contributed by atoms with Crippen LogP contribution in [0.3, 0.4) is 0 Å². The van der Waals surface area contributed by atoms with Crippen molar-refractivity contribution in [2.45, 2.75) is 26.2 Å². The Hall–Kier alpha value is -5.14. The van der Waals surface area contributed by atoms with Gasteiger partial charge in [-0.25, -0.2) is 0 Å². The standard InChI is InChI=1S/C42H33N/c1-28-12-10-16-31(26-28)43(32-23-24-36-35-19-8-9-21-38(35)42(2,3)39(36)27-32)40-25-22-30-14-5-7-18-34(30)41(40)37-20-11-15-29-13-4-6-17-33(29)37/h4-27H,1-3H3. The fourth-order valence-corrected chi connectivity index (χ4v) is 7.20. The maximum atomic E-state index is 2.47. The molecule has 0 radical (unpaired) electrons. The Morgan fingerprint density at radius 1 is 0.465 bits per heavy atom. The number of hydrogen-bond acceptors (Lipinski definition) is 1. The first-order valence-corrected chi connectivity index (χ1v) is 15.1. The van der Waals surface area contributed by atoms with Gasteiger partial charge in [-0.1, -0.05) is 129 Å². The molecular weight excluding hydrogens is 518 g/mol. The van der Waals surface area contributed by atoms with Crippen LogP contribution in [0.25, 0.3) is 43.8 Å². The van der Waals surface area contributed by atoms with Crippen molar-refractivity contribution in [1.29, 1.82) is 0 Å². The Morgan fingerprint density at radius 3 is 1.93 bits per heavy atom. The Kier molecular flexibility index (Phi) is 5.77. The molecule has 0 aliphatic heterocycles.